The number of hydrogen-bond acceptors (Lipinski definition) is 5. The molecule has 8 heteroatoms. The molecule has 0 saturated carbocycles. The Balaban J connectivity index is 1.58. The van der Waals surface area contributed by atoms with Gasteiger partial charge in [0, 0.05) is 46.3 Å². The molecule has 8 nitrogen and oxygen atoms in total. The van der Waals surface area contributed by atoms with Gasteiger partial charge in [-0.1, -0.05) is 5.16 Å². The molecule has 0 unspecified atom stereocenters. The number of hydrogen-bond donors (Lipinski definition) is 0. The maximum absolute atomic E-state index is 11.9. The molecule has 23 heavy (non-hydrogen) atoms. The van der Waals surface area contributed by atoms with Crippen LogP contribution in [0, 0.1) is 0 Å². The minimum Gasteiger partial charge on any atom is -0.339 e. The summed E-state index contributed by atoms with van der Waals surface area (Å²) in [6, 6.07) is 2.01. The molecule has 0 radical (unpaired) electrons. The third-order valence-corrected chi connectivity index (χ3v) is 4.09. The van der Waals surface area contributed by atoms with E-state index < -0.39 is 0 Å². The molecule has 2 aromatic heterocycles. The fraction of sp³-hybridized carbons (Fsp3) is 0.600. The zero-order chi connectivity index (χ0) is 16.4. The first-order chi connectivity index (χ1) is 11.0. The van der Waals surface area contributed by atoms with Gasteiger partial charge in [-0.3, -0.25) is 4.68 Å². The molecule has 2 amide bonds. The van der Waals surface area contributed by atoms with Crippen molar-refractivity contribution in [3.05, 3.63) is 29.7 Å². The van der Waals surface area contributed by atoms with Gasteiger partial charge in [0.25, 0.3) is 0 Å². The minimum absolute atomic E-state index is 0.0600. The lowest BCUT2D eigenvalue weighted by Crippen LogP contribution is -2.43. The average molecular weight is 318 g/mol. The van der Waals surface area contributed by atoms with E-state index in [4.69, 9.17) is 4.52 Å². The molecular formula is C15H22N6O2. The summed E-state index contributed by atoms with van der Waals surface area (Å²) in [5.74, 6) is 1.56. The first kappa shape index (κ1) is 15.5. The molecule has 0 spiro atoms. The van der Waals surface area contributed by atoms with Gasteiger partial charge < -0.3 is 14.3 Å². The van der Waals surface area contributed by atoms with Gasteiger partial charge in [-0.25, -0.2) is 4.79 Å². The Morgan fingerprint density at radius 3 is 2.74 bits per heavy atom. The van der Waals surface area contributed by atoms with Crippen LogP contribution in [0.25, 0.3) is 0 Å². The van der Waals surface area contributed by atoms with Crippen molar-refractivity contribution in [2.24, 2.45) is 7.05 Å². The predicted molar refractivity (Wildman–Crippen MR) is 82.9 cm³/mol. The number of likely N-dealkylation sites (tertiary alicyclic amines) is 1. The summed E-state index contributed by atoms with van der Waals surface area (Å²) in [5, 5.41) is 8.37. The number of carbonyl (C=O) groups excluding carboxylic acids is 1. The van der Waals surface area contributed by atoms with Crippen LogP contribution in [-0.2, 0) is 13.5 Å². The molecule has 3 rings (SSSR count). The van der Waals surface area contributed by atoms with E-state index >= 15 is 0 Å². The van der Waals surface area contributed by atoms with E-state index in [1.807, 2.05) is 24.2 Å². The van der Waals surface area contributed by atoms with Crippen molar-refractivity contribution in [2.45, 2.75) is 25.2 Å². The second kappa shape index (κ2) is 6.39. The summed E-state index contributed by atoms with van der Waals surface area (Å²) in [5.41, 5.74) is 0.922. The molecule has 1 aliphatic heterocycles. The zero-order valence-corrected chi connectivity index (χ0v) is 13.8. The molecular weight excluding hydrogens is 296 g/mol. The third-order valence-electron chi connectivity index (χ3n) is 4.09. The predicted octanol–water partition coefficient (Wildman–Crippen LogP) is 1.25. The number of amides is 2. The summed E-state index contributed by atoms with van der Waals surface area (Å²) >= 11 is 0. The number of aromatic nitrogens is 4. The number of piperidine rings is 1. The van der Waals surface area contributed by atoms with Crippen LogP contribution < -0.4 is 0 Å². The zero-order valence-electron chi connectivity index (χ0n) is 13.8. The first-order valence-corrected chi connectivity index (χ1v) is 7.80. The highest BCUT2D eigenvalue weighted by molar-refractivity contribution is 5.73. The Kier molecular flexibility index (Phi) is 4.31. The third kappa shape index (κ3) is 3.52. The van der Waals surface area contributed by atoms with Crippen molar-refractivity contribution in [3.8, 4) is 0 Å². The van der Waals surface area contributed by atoms with Crippen LogP contribution in [0.4, 0.5) is 4.79 Å². The quantitative estimate of drug-likeness (QED) is 0.851. The van der Waals surface area contributed by atoms with Crippen LogP contribution >= 0.6 is 0 Å². The Hall–Kier alpha value is -2.38. The Morgan fingerprint density at radius 1 is 1.39 bits per heavy atom. The summed E-state index contributed by atoms with van der Waals surface area (Å²) in [7, 11) is 5.43. The minimum atomic E-state index is 0.0600. The fourth-order valence-corrected chi connectivity index (χ4v) is 2.83. The van der Waals surface area contributed by atoms with Gasteiger partial charge in [0.15, 0.2) is 5.82 Å². The fourth-order valence-electron chi connectivity index (χ4n) is 2.83. The van der Waals surface area contributed by atoms with E-state index in [0.29, 0.717) is 18.1 Å². The molecule has 2 aromatic rings. The van der Waals surface area contributed by atoms with Gasteiger partial charge in [0.05, 0.1) is 12.1 Å². The highest BCUT2D eigenvalue weighted by Gasteiger charge is 2.28. The smallest absolute Gasteiger partial charge is 0.319 e. The van der Waals surface area contributed by atoms with Crippen LogP contribution in [0.2, 0.25) is 0 Å². The van der Waals surface area contributed by atoms with Crippen LogP contribution in [-0.4, -0.2) is 62.9 Å². The van der Waals surface area contributed by atoms with Gasteiger partial charge in [-0.15, -0.1) is 0 Å². The summed E-state index contributed by atoms with van der Waals surface area (Å²) in [6.07, 6.45) is 4.17. The van der Waals surface area contributed by atoms with Crippen molar-refractivity contribution < 1.29 is 9.32 Å². The van der Waals surface area contributed by atoms with E-state index in [1.54, 1.807) is 23.7 Å². The number of nitrogens with zero attached hydrogens (tertiary/aromatic N) is 6. The van der Waals surface area contributed by atoms with E-state index in [9.17, 15) is 4.79 Å². The second-order valence-corrected chi connectivity index (χ2v) is 6.14. The van der Waals surface area contributed by atoms with Crippen LogP contribution in [0.3, 0.4) is 0 Å². The van der Waals surface area contributed by atoms with Gasteiger partial charge in [-0.2, -0.15) is 10.1 Å². The number of carbonyl (C=O) groups is 1. The molecule has 124 valence electrons. The van der Waals surface area contributed by atoms with Gasteiger partial charge in [0.1, 0.15) is 0 Å². The maximum Gasteiger partial charge on any atom is 0.319 e. The van der Waals surface area contributed by atoms with E-state index in [-0.39, 0.29) is 11.9 Å². The molecule has 0 atom stereocenters. The highest BCUT2D eigenvalue weighted by Crippen LogP contribution is 2.27. The first-order valence-electron chi connectivity index (χ1n) is 7.80. The molecule has 0 N–H and O–H groups in total. The van der Waals surface area contributed by atoms with Crippen molar-refractivity contribution >= 4 is 6.03 Å². The molecule has 3 heterocycles. The lowest BCUT2D eigenvalue weighted by molar-refractivity contribution is 0.152. The highest BCUT2D eigenvalue weighted by atomic mass is 16.5. The van der Waals surface area contributed by atoms with Crippen molar-refractivity contribution in [3.63, 3.8) is 0 Å². The monoisotopic (exact) mass is 318 g/mol. The van der Waals surface area contributed by atoms with E-state index in [0.717, 1.165) is 31.6 Å². The van der Waals surface area contributed by atoms with Crippen molar-refractivity contribution in [1.29, 1.82) is 0 Å². The number of aryl methyl sites for hydroxylation is 1. The van der Waals surface area contributed by atoms with Crippen molar-refractivity contribution in [1.82, 2.24) is 29.7 Å². The molecule has 1 saturated heterocycles. The molecule has 0 bridgehead atoms. The summed E-state index contributed by atoms with van der Waals surface area (Å²) in [4.78, 5) is 19.9. The largest absolute Gasteiger partial charge is 0.339 e. The summed E-state index contributed by atoms with van der Waals surface area (Å²) in [6.45, 7) is 1.44. The molecule has 1 aliphatic rings. The lowest BCUT2D eigenvalue weighted by atomic mass is 9.97. The van der Waals surface area contributed by atoms with Crippen molar-refractivity contribution in [2.75, 3.05) is 27.2 Å². The Bertz CT molecular complexity index is 669. The number of rotatable bonds is 3. The second-order valence-electron chi connectivity index (χ2n) is 6.14. The molecule has 0 aromatic carbocycles. The van der Waals surface area contributed by atoms with Crippen LogP contribution in [0.15, 0.2) is 16.8 Å². The van der Waals surface area contributed by atoms with E-state index in [2.05, 4.69) is 15.2 Å². The topological polar surface area (TPSA) is 80.3 Å². The normalized spacial score (nSPS) is 15.9. The van der Waals surface area contributed by atoms with Gasteiger partial charge in [0.2, 0.25) is 5.89 Å². The molecule has 0 aliphatic carbocycles. The summed E-state index contributed by atoms with van der Waals surface area (Å²) < 4.78 is 7.17. The lowest BCUT2D eigenvalue weighted by Gasteiger charge is -2.32. The van der Waals surface area contributed by atoms with Gasteiger partial charge in [-0.05, 0) is 18.9 Å². The maximum atomic E-state index is 11.9. The van der Waals surface area contributed by atoms with E-state index in [1.165, 1.54) is 0 Å². The number of urea groups is 1. The Labute approximate surface area is 135 Å². The van der Waals surface area contributed by atoms with Crippen LogP contribution in [0.1, 0.15) is 36.2 Å². The van der Waals surface area contributed by atoms with Gasteiger partial charge >= 0.3 is 6.03 Å². The molecule has 1 fully saturated rings. The standard InChI is InChI=1S/C15H22N6O2/c1-19(2)15(22)21-8-4-11(5-9-21)14-16-13(18-23-14)10-12-6-7-20(3)17-12/h6-7,11H,4-5,8-10H2,1-3H3. The van der Waals surface area contributed by atoms with Crippen LogP contribution in [0.5, 0.6) is 0 Å². The SMILES string of the molecule is CN(C)C(=O)N1CCC(c2nc(Cc3ccn(C)n3)no2)CC1. The average Bonchev–Trinajstić information content (AvgIpc) is 3.16. The Morgan fingerprint density at radius 2 is 2.13 bits per heavy atom.